The van der Waals surface area contributed by atoms with Crippen LogP contribution >= 0.6 is 0 Å². The van der Waals surface area contributed by atoms with Gasteiger partial charge in [-0.25, -0.2) is 0 Å². The Hall–Kier alpha value is -2.56. The van der Waals surface area contributed by atoms with Crippen molar-refractivity contribution in [2.24, 2.45) is 0 Å². The second-order valence-corrected chi connectivity index (χ2v) is 5.62. The van der Waals surface area contributed by atoms with Crippen molar-refractivity contribution in [2.45, 2.75) is 19.1 Å². The zero-order valence-corrected chi connectivity index (χ0v) is 13.6. The van der Waals surface area contributed by atoms with Crippen molar-refractivity contribution in [3.05, 3.63) is 96.1 Å². The molecule has 1 aromatic carbocycles. The Morgan fingerprint density at radius 2 is 1.33 bits per heavy atom. The minimum atomic E-state index is 0.219. The van der Waals surface area contributed by atoms with E-state index in [4.69, 9.17) is 0 Å². The van der Waals surface area contributed by atoms with Crippen LogP contribution in [0.15, 0.2) is 79.1 Å². The molecule has 0 aliphatic heterocycles. The van der Waals surface area contributed by atoms with Crippen LogP contribution in [0.25, 0.3) is 0 Å². The molecule has 0 bridgehead atoms. The van der Waals surface area contributed by atoms with Gasteiger partial charge in [-0.3, -0.25) is 9.97 Å². The van der Waals surface area contributed by atoms with Crippen LogP contribution in [0.3, 0.4) is 0 Å². The first-order chi connectivity index (χ1) is 11.9. The maximum absolute atomic E-state index is 4.38. The van der Waals surface area contributed by atoms with E-state index in [0.29, 0.717) is 0 Å². The van der Waals surface area contributed by atoms with Crippen LogP contribution in [0.1, 0.15) is 23.0 Å². The Bertz CT molecular complexity index is 701. The summed E-state index contributed by atoms with van der Waals surface area (Å²) in [5.74, 6) is 0. The molecule has 2 heterocycles. The summed E-state index contributed by atoms with van der Waals surface area (Å²) < 4.78 is 0. The predicted molar refractivity (Wildman–Crippen MR) is 96.2 cm³/mol. The lowest BCUT2D eigenvalue weighted by atomic mass is 10.1. The van der Waals surface area contributed by atoms with E-state index in [2.05, 4.69) is 44.9 Å². The highest BCUT2D eigenvalue weighted by Crippen LogP contribution is 2.12. The summed E-state index contributed by atoms with van der Waals surface area (Å²) >= 11 is 0. The van der Waals surface area contributed by atoms with E-state index in [1.54, 1.807) is 0 Å². The summed E-state index contributed by atoms with van der Waals surface area (Å²) in [7, 11) is 0. The van der Waals surface area contributed by atoms with E-state index in [-0.39, 0.29) is 6.04 Å². The lowest BCUT2D eigenvalue weighted by molar-refractivity contribution is 0.483. The van der Waals surface area contributed by atoms with Crippen LogP contribution < -0.4 is 10.6 Å². The number of hydrogen-bond donors (Lipinski definition) is 2. The minimum Gasteiger partial charge on any atom is -0.309 e. The standard InChI is InChI=1S/C20H22N4/c1-2-8-17(9-3-1)20(24-15-19-11-5-7-13-23-19)16-21-14-18-10-4-6-12-22-18/h1-13,20-21,24H,14-16H2. The zero-order chi connectivity index (χ0) is 16.5. The molecule has 0 radical (unpaired) electrons. The summed E-state index contributed by atoms with van der Waals surface area (Å²) in [6.45, 7) is 2.33. The monoisotopic (exact) mass is 318 g/mol. The van der Waals surface area contributed by atoms with Gasteiger partial charge in [-0.05, 0) is 29.8 Å². The van der Waals surface area contributed by atoms with E-state index >= 15 is 0 Å². The first-order valence-corrected chi connectivity index (χ1v) is 8.21. The number of nitrogens with one attached hydrogen (secondary N) is 2. The van der Waals surface area contributed by atoms with E-state index in [1.165, 1.54) is 5.56 Å². The zero-order valence-electron chi connectivity index (χ0n) is 13.6. The number of benzene rings is 1. The molecule has 1 unspecified atom stereocenters. The third-order valence-electron chi connectivity index (χ3n) is 3.84. The number of hydrogen-bond acceptors (Lipinski definition) is 4. The van der Waals surface area contributed by atoms with Gasteiger partial charge in [0.2, 0.25) is 0 Å². The maximum atomic E-state index is 4.38. The molecule has 0 spiro atoms. The average molecular weight is 318 g/mol. The highest BCUT2D eigenvalue weighted by molar-refractivity contribution is 5.19. The summed E-state index contributed by atoms with van der Waals surface area (Å²) in [6, 6.07) is 22.7. The van der Waals surface area contributed by atoms with Gasteiger partial charge in [0.1, 0.15) is 0 Å². The number of pyridine rings is 2. The van der Waals surface area contributed by atoms with E-state index in [9.17, 15) is 0 Å². The van der Waals surface area contributed by atoms with Crippen LogP contribution in [-0.2, 0) is 13.1 Å². The summed E-state index contributed by atoms with van der Waals surface area (Å²) in [6.07, 6.45) is 3.65. The fourth-order valence-electron chi connectivity index (χ4n) is 2.57. The Morgan fingerprint density at radius 3 is 1.96 bits per heavy atom. The molecule has 0 aliphatic carbocycles. The summed E-state index contributed by atoms with van der Waals surface area (Å²) in [5.41, 5.74) is 3.36. The molecule has 0 fully saturated rings. The molecule has 122 valence electrons. The molecular weight excluding hydrogens is 296 g/mol. The van der Waals surface area contributed by atoms with Gasteiger partial charge in [-0.15, -0.1) is 0 Å². The van der Waals surface area contributed by atoms with Crippen molar-refractivity contribution in [3.8, 4) is 0 Å². The second kappa shape index (κ2) is 8.91. The van der Waals surface area contributed by atoms with Crippen molar-refractivity contribution in [1.82, 2.24) is 20.6 Å². The largest absolute Gasteiger partial charge is 0.309 e. The van der Waals surface area contributed by atoms with Gasteiger partial charge in [0.15, 0.2) is 0 Å². The van der Waals surface area contributed by atoms with Crippen molar-refractivity contribution in [1.29, 1.82) is 0 Å². The molecule has 24 heavy (non-hydrogen) atoms. The molecule has 0 saturated carbocycles. The fourth-order valence-corrected chi connectivity index (χ4v) is 2.57. The third kappa shape index (κ3) is 4.98. The molecule has 0 saturated heterocycles. The van der Waals surface area contributed by atoms with Crippen molar-refractivity contribution >= 4 is 0 Å². The second-order valence-electron chi connectivity index (χ2n) is 5.62. The molecule has 3 rings (SSSR count). The fraction of sp³-hybridized carbons (Fsp3) is 0.200. The van der Waals surface area contributed by atoms with Crippen LogP contribution in [-0.4, -0.2) is 16.5 Å². The van der Waals surface area contributed by atoms with Gasteiger partial charge < -0.3 is 10.6 Å². The normalized spacial score (nSPS) is 12.0. The smallest absolute Gasteiger partial charge is 0.0541 e. The van der Waals surface area contributed by atoms with Gasteiger partial charge in [-0.2, -0.15) is 0 Å². The quantitative estimate of drug-likeness (QED) is 0.670. The minimum absolute atomic E-state index is 0.219. The van der Waals surface area contributed by atoms with Crippen LogP contribution in [0.4, 0.5) is 0 Å². The van der Waals surface area contributed by atoms with Crippen molar-refractivity contribution in [2.75, 3.05) is 6.54 Å². The maximum Gasteiger partial charge on any atom is 0.0541 e. The molecule has 0 amide bonds. The molecule has 1 atom stereocenters. The first kappa shape index (κ1) is 16.3. The Balaban J connectivity index is 1.59. The van der Waals surface area contributed by atoms with Gasteiger partial charge in [-0.1, -0.05) is 42.5 Å². The number of aromatic nitrogens is 2. The van der Waals surface area contributed by atoms with Crippen molar-refractivity contribution in [3.63, 3.8) is 0 Å². The third-order valence-corrected chi connectivity index (χ3v) is 3.84. The Morgan fingerprint density at radius 1 is 0.708 bits per heavy atom. The average Bonchev–Trinajstić information content (AvgIpc) is 2.67. The van der Waals surface area contributed by atoms with E-state index in [1.807, 2.05) is 54.9 Å². The highest BCUT2D eigenvalue weighted by atomic mass is 15.0. The lowest BCUT2D eigenvalue weighted by Gasteiger charge is -2.20. The van der Waals surface area contributed by atoms with Crippen molar-refractivity contribution < 1.29 is 0 Å². The van der Waals surface area contributed by atoms with E-state index in [0.717, 1.165) is 31.0 Å². The molecular formula is C20H22N4. The molecule has 0 aliphatic rings. The lowest BCUT2D eigenvalue weighted by Crippen LogP contribution is -2.31. The molecule has 3 aromatic rings. The first-order valence-electron chi connectivity index (χ1n) is 8.21. The molecule has 4 heteroatoms. The van der Waals surface area contributed by atoms with Gasteiger partial charge >= 0.3 is 0 Å². The van der Waals surface area contributed by atoms with Crippen LogP contribution in [0.2, 0.25) is 0 Å². The van der Waals surface area contributed by atoms with Gasteiger partial charge in [0.25, 0.3) is 0 Å². The Kier molecular flexibility index (Phi) is 6.05. The molecule has 2 aromatic heterocycles. The summed E-state index contributed by atoms with van der Waals surface area (Å²) in [4.78, 5) is 8.73. The predicted octanol–water partition coefficient (Wildman–Crippen LogP) is 3.10. The van der Waals surface area contributed by atoms with Gasteiger partial charge in [0, 0.05) is 38.1 Å². The van der Waals surface area contributed by atoms with E-state index < -0.39 is 0 Å². The van der Waals surface area contributed by atoms with Crippen LogP contribution in [0.5, 0.6) is 0 Å². The SMILES string of the molecule is c1ccc(C(CNCc2ccccn2)NCc2ccccn2)cc1. The summed E-state index contributed by atoms with van der Waals surface area (Å²) in [5, 5.41) is 7.08. The van der Waals surface area contributed by atoms with Gasteiger partial charge in [0.05, 0.1) is 11.4 Å². The number of nitrogens with zero attached hydrogens (tertiary/aromatic N) is 2. The molecule has 4 nitrogen and oxygen atoms in total. The molecule has 2 N–H and O–H groups in total. The highest BCUT2D eigenvalue weighted by Gasteiger charge is 2.10. The Labute approximate surface area is 143 Å². The topological polar surface area (TPSA) is 49.8 Å². The van der Waals surface area contributed by atoms with Crippen LogP contribution in [0, 0.1) is 0 Å². The number of rotatable bonds is 8.